The number of carbonyl (C=O) groups is 1. The number of nitrogens with one attached hydrogen (secondary N) is 2. The van der Waals surface area contributed by atoms with Gasteiger partial charge in [0.15, 0.2) is 5.75 Å². The van der Waals surface area contributed by atoms with Gasteiger partial charge >= 0.3 is 5.91 Å². The molecule has 1 amide bonds. The molecule has 2 N–H and O–H groups in total. The molecule has 0 atom stereocenters. The lowest BCUT2D eigenvalue weighted by Crippen LogP contribution is -2.28. The Morgan fingerprint density at radius 2 is 2.08 bits per heavy atom. The Morgan fingerprint density at radius 3 is 2.81 bits per heavy atom. The van der Waals surface area contributed by atoms with Gasteiger partial charge in [-0.15, -0.1) is 0 Å². The van der Waals surface area contributed by atoms with Crippen molar-refractivity contribution < 1.29 is 9.63 Å². The van der Waals surface area contributed by atoms with Gasteiger partial charge in [0.1, 0.15) is 5.69 Å². The van der Waals surface area contributed by atoms with Crippen LogP contribution in [-0.4, -0.2) is 17.4 Å². The Balaban J connectivity index is 1.44. The highest BCUT2D eigenvalue weighted by atomic mass is 16.7. The molecular weight excluding hydrogens is 326 g/mol. The Bertz CT molecular complexity index is 712. The largest absolute Gasteiger partial charge is 0.379 e. The van der Waals surface area contributed by atoms with Crippen LogP contribution in [0.4, 0.5) is 0 Å². The SMILES string of the molecule is Cc1cc(CNCCC2CCCC2)ccc1ONC(=O)c1ccccn1. The van der Waals surface area contributed by atoms with Gasteiger partial charge in [-0.3, -0.25) is 9.78 Å². The lowest BCUT2D eigenvalue weighted by Gasteiger charge is -2.12. The molecule has 1 fully saturated rings. The van der Waals surface area contributed by atoms with Crippen LogP contribution in [0.15, 0.2) is 42.6 Å². The van der Waals surface area contributed by atoms with E-state index in [4.69, 9.17) is 4.84 Å². The molecule has 3 rings (SSSR count). The van der Waals surface area contributed by atoms with Crippen LogP contribution in [0.5, 0.6) is 5.75 Å². The van der Waals surface area contributed by atoms with E-state index in [1.54, 1.807) is 24.4 Å². The molecule has 0 bridgehead atoms. The van der Waals surface area contributed by atoms with Crippen LogP contribution in [0, 0.1) is 12.8 Å². The summed E-state index contributed by atoms with van der Waals surface area (Å²) in [6, 6.07) is 11.2. The van der Waals surface area contributed by atoms with Gasteiger partial charge in [-0.1, -0.05) is 43.9 Å². The maximum absolute atomic E-state index is 12.0. The minimum absolute atomic E-state index is 0.327. The van der Waals surface area contributed by atoms with Crippen LogP contribution in [0.1, 0.15) is 53.7 Å². The quantitative estimate of drug-likeness (QED) is 0.560. The van der Waals surface area contributed by atoms with Crippen LogP contribution in [0.2, 0.25) is 0 Å². The molecule has 1 aliphatic rings. The lowest BCUT2D eigenvalue weighted by atomic mass is 10.0. The zero-order chi connectivity index (χ0) is 18.2. The van der Waals surface area contributed by atoms with E-state index in [-0.39, 0.29) is 5.91 Å². The smallest absolute Gasteiger partial charge is 0.302 e. The van der Waals surface area contributed by atoms with Crippen LogP contribution >= 0.6 is 0 Å². The standard InChI is InChI=1S/C21H27N3O2/c1-16-14-18(15-22-13-11-17-6-2-3-7-17)9-10-20(16)26-24-21(25)19-8-4-5-12-23-19/h4-5,8-10,12,14,17,22H,2-3,6-7,11,13,15H2,1H3,(H,24,25). The molecule has 26 heavy (non-hydrogen) atoms. The predicted octanol–water partition coefficient (Wildman–Crippen LogP) is 3.78. The minimum Gasteiger partial charge on any atom is -0.379 e. The van der Waals surface area contributed by atoms with Gasteiger partial charge in [0.2, 0.25) is 0 Å². The van der Waals surface area contributed by atoms with Crippen molar-refractivity contribution >= 4 is 5.91 Å². The summed E-state index contributed by atoms with van der Waals surface area (Å²) in [5, 5.41) is 3.53. The third kappa shape index (κ3) is 5.30. The number of rotatable bonds is 8. The van der Waals surface area contributed by atoms with E-state index in [0.717, 1.165) is 24.6 Å². The molecule has 1 heterocycles. The van der Waals surface area contributed by atoms with Crippen LogP contribution < -0.4 is 15.6 Å². The van der Waals surface area contributed by atoms with Crippen molar-refractivity contribution in [2.45, 2.75) is 45.6 Å². The summed E-state index contributed by atoms with van der Waals surface area (Å²) in [6.45, 7) is 3.90. The van der Waals surface area contributed by atoms with Gasteiger partial charge in [-0.2, -0.15) is 5.48 Å². The van der Waals surface area contributed by atoms with Crippen molar-refractivity contribution in [1.29, 1.82) is 0 Å². The predicted molar refractivity (Wildman–Crippen MR) is 102 cm³/mol. The first-order valence-corrected chi connectivity index (χ1v) is 9.41. The summed E-state index contributed by atoms with van der Waals surface area (Å²) in [5.74, 6) is 1.20. The summed E-state index contributed by atoms with van der Waals surface area (Å²) < 4.78 is 0. The first-order valence-electron chi connectivity index (χ1n) is 9.41. The molecule has 0 aliphatic heterocycles. The van der Waals surface area contributed by atoms with E-state index >= 15 is 0 Å². The van der Waals surface area contributed by atoms with Crippen LogP contribution in [0.25, 0.3) is 0 Å². The van der Waals surface area contributed by atoms with Crippen molar-refractivity contribution in [2.24, 2.45) is 5.92 Å². The van der Waals surface area contributed by atoms with E-state index in [9.17, 15) is 4.79 Å². The minimum atomic E-state index is -0.359. The molecule has 0 radical (unpaired) electrons. The first kappa shape index (κ1) is 18.4. The van der Waals surface area contributed by atoms with Gasteiger partial charge in [0.25, 0.3) is 0 Å². The number of carbonyl (C=O) groups excluding carboxylic acids is 1. The van der Waals surface area contributed by atoms with Crippen molar-refractivity contribution in [2.75, 3.05) is 6.54 Å². The molecule has 1 saturated carbocycles. The molecular formula is C21H27N3O2. The topological polar surface area (TPSA) is 63.2 Å². The van der Waals surface area contributed by atoms with E-state index in [1.807, 2.05) is 19.1 Å². The Labute approximate surface area is 155 Å². The first-order chi connectivity index (χ1) is 12.7. The number of benzene rings is 1. The van der Waals surface area contributed by atoms with Crippen molar-refractivity contribution in [1.82, 2.24) is 15.8 Å². The molecule has 2 aromatic rings. The van der Waals surface area contributed by atoms with E-state index in [0.29, 0.717) is 11.4 Å². The summed E-state index contributed by atoms with van der Waals surface area (Å²) in [7, 11) is 0. The molecule has 0 saturated heterocycles. The average molecular weight is 353 g/mol. The molecule has 138 valence electrons. The average Bonchev–Trinajstić information content (AvgIpc) is 3.18. The number of pyridine rings is 1. The highest BCUT2D eigenvalue weighted by Crippen LogP contribution is 2.27. The Morgan fingerprint density at radius 1 is 1.23 bits per heavy atom. The fraction of sp³-hybridized carbons (Fsp3) is 0.429. The van der Waals surface area contributed by atoms with E-state index in [2.05, 4.69) is 21.8 Å². The van der Waals surface area contributed by atoms with Gasteiger partial charge < -0.3 is 10.2 Å². The summed E-state index contributed by atoms with van der Waals surface area (Å²) in [6.07, 6.45) is 8.47. The number of hydrogen-bond acceptors (Lipinski definition) is 4. The fourth-order valence-electron chi connectivity index (χ4n) is 3.42. The van der Waals surface area contributed by atoms with E-state index < -0.39 is 0 Å². The third-order valence-electron chi connectivity index (χ3n) is 4.92. The molecule has 5 nitrogen and oxygen atoms in total. The maximum Gasteiger partial charge on any atom is 0.302 e. The number of hydroxylamine groups is 1. The lowest BCUT2D eigenvalue weighted by molar-refractivity contribution is 0.0753. The van der Waals surface area contributed by atoms with Gasteiger partial charge in [0, 0.05) is 12.7 Å². The van der Waals surface area contributed by atoms with E-state index in [1.165, 1.54) is 37.7 Å². The van der Waals surface area contributed by atoms with Crippen molar-refractivity contribution in [3.8, 4) is 5.75 Å². The second kappa shape index (κ2) is 9.34. The van der Waals surface area contributed by atoms with Crippen molar-refractivity contribution in [3.63, 3.8) is 0 Å². The number of aryl methyl sites for hydroxylation is 1. The van der Waals surface area contributed by atoms with Gasteiger partial charge in [-0.05, 0) is 55.1 Å². The van der Waals surface area contributed by atoms with Crippen LogP contribution in [-0.2, 0) is 6.54 Å². The highest BCUT2D eigenvalue weighted by molar-refractivity contribution is 5.91. The molecule has 5 heteroatoms. The second-order valence-corrected chi connectivity index (χ2v) is 6.96. The van der Waals surface area contributed by atoms with Crippen molar-refractivity contribution in [3.05, 3.63) is 59.4 Å². The molecule has 1 aromatic carbocycles. The molecule has 1 aliphatic carbocycles. The Kier molecular flexibility index (Phi) is 6.61. The fourth-order valence-corrected chi connectivity index (χ4v) is 3.42. The van der Waals surface area contributed by atoms with Gasteiger partial charge in [-0.25, -0.2) is 0 Å². The van der Waals surface area contributed by atoms with Crippen LogP contribution in [0.3, 0.4) is 0 Å². The summed E-state index contributed by atoms with van der Waals surface area (Å²) >= 11 is 0. The molecule has 0 spiro atoms. The number of nitrogens with zero attached hydrogens (tertiary/aromatic N) is 1. The number of hydrogen-bond donors (Lipinski definition) is 2. The molecule has 1 aromatic heterocycles. The number of amides is 1. The maximum atomic E-state index is 12.0. The number of aromatic nitrogens is 1. The second-order valence-electron chi connectivity index (χ2n) is 6.96. The zero-order valence-electron chi connectivity index (χ0n) is 15.3. The normalized spacial score (nSPS) is 14.3. The summed E-state index contributed by atoms with van der Waals surface area (Å²) in [4.78, 5) is 21.4. The Hall–Kier alpha value is -2.40. The third-order valence-corrected chi connectivity index (χ3v) is 4.92. The molecule has 0 unspecified atom stereocenters. The monoisotopic (exact) mass is 353 g/mol. The summed E-state index contributed by atoms with van der Waals surface area (Å²) in [5.41, 5.74) is 4.98. The zero-order valence-corrected chi connectivity index (χ0v) is 15.3. The van der Waals surface area contributed by atoms with Gasteiger partial charge in [0.05, 0.1) is 0 Å². The highest BCUT2D eigenvalue weighted by Gasteiger charge is 2.14.